The molecule has 0 amide bonds. The van der Waals surface area contributed by atoms with Crippen LogP contribution in [0, 0.1) is 0 Å². The minimum absolute atomic E-state index is 0. The van der Waals surface area contributed by atoms with Crippen LogP contribution < -0.4 is 6.15 Å². The van der Waals surface area contributed by atoms with Gasteiger partial charge < -0.3 is 21.5 Å². The van der Waals surface area contributed by atoms with E-state index in [1.165, 1.54) is 0 Å². The fourth-order valence-electron chi connectivity index (χ4n) is 0.0577. The van der Waals surface area contributed by atoms with Gasteiger partial charge in [0.2, 0.25) is 0 Å². The van der Waals surface area contributed by atoms with E-state index < -0.39 is 6.10 Å². The van der Waals surface area contributed by atoms with E-state index in [9.17, 15) is 0 Å². The third-order valence-electron chi connectivity index (χ3n) is 0.421. The maximum atomic E-state index is 8.17. The lowest BCUT2D eigenvalue weighted by atomic mass is 10.4. The van der Waals surface area contributed by atoms with E-state index in [0.717, 1.165) is 0 Å². The highest BCUT2D eigenvalue weighted by Gasteiger charge is 1.93. The standard InChI is InChI=1S/C3H8O3.H3N/c4-1-3(6)2-5;/h3-6H,1-2H2;1H3. The van der Waals surface area contributed by atoms with Crippen molar-refractivity contribution < 1.29 is 15.3 Å². The normalized spacial score (nSPS) is 8.57. The molecule has 0 aliphatic rings. The average molecular weight is 109 g/mol. The lowest BCUT2D eigenvalue weighted by molar-refractivity contribution is 0.0450. The molecule has 0 saturated heterocycles. The van der Waals surface area contributed by atoms with Crippen LogP contribution >= 0.6 is 0 Å². The highest BCUT2D eigenvalue weighted by Crippen LogP contribution is 1.71. The number of rotatable bonds is 2. The molecular formula is C3H11NO3. The summed E-state index contributed by atoms with van der Waals surface area (Å²) in [4.78, 5) is 0. The second-order valence-electron chi connectivity index (χ2n) is 1.02. The third-order valence-corrected chi connectivity index (χ3v) is 0.421. The van der Waals surface area contributed by atoms with Gasteiger partial charge in [0.25, 0.3) is 0 Å². The SMILES string of the molecule is N.OCC(O)CO. The van der Waals surface area contributed by atoms with Gasteiger partial charge in [-0.3, -0.25) is 0 Å². The predicted molar refractivity (Wildman–Crippen MR) is 25.2 cm³/mol. The van der Waals surface area contributed by atoms with Gasteiger partial charge in [0.15, 0.2) is 0 Å². The molecule has 0 saturated carbocycles. The summed E-state index contributed by atoms with van der Waals surface area (Å²) >= 11 is 0. The van der Waals surface area contributed by atoms with Crippen LogP contribution in [0.2, 0.25) is 0 Å². The Hall–Kier alpha value is -0.160. The summed E-state index contributed by atoms with van der Waals surface area (Å²) in [5.41, 5.74) is 0. The Morgan fingerprint density at radius 1 is 1.14 bits per heavy atom. The van der Waals surface area contributed by atoms with Gasteiger partial charge in [-0.15, -0.1) is 0 Å². The number of hydrogen-bond acceptors (Lipinski definition) is 4. The lowest BCUT2D eigenvalue weighted by Crippen LogP contribution is -2.15. The molecule has 0 rings (SSSR count). The zero-order valence-electron chi connectivity index (χ0n) is 4.04. The molecule has 0 aromatic rings. The molecular weight excluding hydrogens is 98.0 g/mol. The Kier molecular flexibility index (Phi) is 8.31. The van der Waals surface area contributed by atoms with Crippen molar-refractivity contribution in [1.29, 1.82) is 0 Å². The smallest absolute Gasteiger partial charge is 0.100 e. The number of aliphatic hydroxyl groups is 3. The molecule has 6 N–H and O–H groups in total. The summed E-state index contributed by atoms with van der Waals surface area (Å²) in [5, 5.41) is 24.0. The summed E-state index contributed by atoms with van der Waals surface area (Å²) in [6.45, 7) is -0.729. The highest BCUT2D eigenvalue weighted by molar-refractivity contribution is 4.43. The molecule has 4 heteroatoms. The third kappa shape index (κ3) is 5.84. The molecule has 7 heavy (non-hydrogen) atoms. The summed E-state index contributed by atoms with van der Waals surface area (Å²) in [5.74, 6) is 0. The zero-order chi connectivity index (χ0) is 4.99. The van der Waals surface area contributed by atoms with Crippen molar-refractivity contribution in [2.45, 2.75) is 6.10 Å². The zero-order valence-corrected chi connectivity index (χ0v) is 4.04. The van der Waals surface area contributed by atoms with Crippen molar-refractivity contribution in [1.82, 2.24) is 6.15 Å². The molecule has 0 heterocycles. The van der Waals surface area contributed by atoms with E-state index in [-0.39, 0.29) is 19.4 Å². The molecule has 0 aliphatic carbocycles. The molecule has 0 fully saturated rings. The van der Waals surface area contributed by atoms with Crippen molar-refractivity contribution in [2.75, 3.05) is 13.2 Å². The van der Waals surface area contributed by atoms with Crippen molar-refractivity contribution in [3.8, 4) is 0 Å². The largest absolute Gasteiger partial charge is 0.394 e. The van der Waals surface area contributed by atoms with Gasteiger partial charge in [-0.05, 0) is 0 Å². The maximum Gasteiger partial charge on any atom is 0.100 e. The van der Waals surface area contributed by atoms with E-state index in [2.05, 4.69) is 0 Å². The van der Waals surface area contributed by atoms with Gasteiger partial charge in [0.1, 0.15) is 6.10 Å². The van der Waals surface area contributed by atoms with Crippen LogP contribution in [0.1, 0.15) is 0 Å². The second kappa shape index (κ2) is 5.84. The highest BCUT2D eigenvalue weighted by atomic mass is 16.3. The maximum absolute atomic E-state index is 8.17. The van der Waals surface area contributed by atoms with Gasteiger partial charge in [0.05, 0.1) is 13.2 Å². The molecule has 0 bridgehead atoms. The van der Waals surface area contributed by atoms with Crippen LogP contribution in [0.4, 0.5) is 0 Å². The summed E-state index contributed by atoms with van der Waals surface area (Å²) < 4.78 is 0. The van der Waals surface area contributed by atoms with E-state index in [1.54, 1.807) is 0 Å². The van der Waals surface area contributed by atoms with Gasteiger partial charge >= 0.3 is 0 Å². The minimum atomic E-state index is -0.954. The Labute approximate surface area is 42.0 Å². The van der Waals surface area contributed by atoms with E-state index in [0.29, 0.717) is 0 Å². The molecule has 0 atom stereocenters. The summed E-state index contributed by atoms with van der Waals surface area (Å²) in [6.07, 6.45) is -0.954. The second-order valence-corrected chi connectivity index (χ2v) is 1.02. The summed E-state index contributed by atoms with van der Waals surface area (Å²) in [6, 6.07) is 0. The molecule has 0 aromatic heterocycles. The van der Waals surface area contributed by atoms with Gasteiger partial charge in [-0.1, -0.05) is 0 Å². The Morgan fingerprint density at radius 3 is 1.43 bits per heavy atom. The van der Waals surface area contributed by atoms with Crippen molar-refractivity contribution in [3.05, 3.63) is 0 Å². The first kappa shape index (κ1) is 9.96. The van der Waals surface area contributed by atoms with Crippen LogP contribution in [-0.4, -0.2) is 34.6 Å². The number of aliphatic hydroxyl groups excluding tert-OH is 3. The number of hydrogen-bond donors (Lipinski definition) is 4. The molecule has 4 nitrogen and oxygen atoms in total. The van der Waals surface area contributed by atoms with E-state index >= 15 is 0 Å². The summed E-state index contributed by atoms with van der Waals surface area (Å²) in [7, 11) is 0. The monoisotopic (exact) mass is 109 g/mol. The van der Waals surface area contributed by atoms with Crippen molar-refractivity contribution in [3.63, 3.8) is 0 Å². The van der Waals surface area contributed by atoms with E-state index in [1.807, 2.05) is 0 Å². The van der Waals surface area contributed by atoms with Crippen LogP contribution in [0.3, 0.4) is 0 Å². The van der Waals surface area contributed by atoms with Gasteiger partial charge in [-0.25, -0.2) is 0 Å². The fourth-order valence-corrected chi connectivity index (χ4v) is 0.0577. The van der Waals surface area contributed by atoms with Gasteiger partial charge in [0, 0.05) is 0 Å². The molecule has 0 unspecified atom stereocenters. The first-order chi connectivity index (χ1) is 2.81. The Morgan fingerprint density at radius 2 is 1.43 bits per heavy atom. The molecule has 0 aliphatic heterocycles. The molecule has 0 radical (unpaired) electrons. The Balaban J connectivity index is 0. The lowest BCUT2D eigenvalue weighted by Gasteiger charge is -1.96. The van der Waals surface area contributed by atoms with Crippen LogP contribution in [0.5, 0.6) is 0 Å². The molecule has 46 valence electrons. The molecule has 0 aromatic carbocycles. The van der Waals surface area contributed by atoms with Crippen LogP contribution in [0.25, 0.3) is 0 Å². The Bertz CT molecular complexity index is 29.4. The first-order valence-corrected chi connectivity index (χ1v) is 1.71. The fraction of sp³-hybridized carbons (Fsp3) is 1.00. The average Bonchev–Trinajstić information content (AvgIpc) is 1.65. The molecule has 0 spiro atoms. The quantitative estimate of drug-likeness (QED) is 0.347. The van der Waals surface area contributed by atoms with Gasteiger partial charge in [-0.2, -0.15) is 0 Å². The minimum Gasteiger partial charge on any atom is -0.394 e. The first-order valence-electron chi connectivity index (χ1n) is 1.71. The van der Waals surface area contributed by atoms with Crippen LogP contribution in [0.15, 0.2) is 0 Å². The van der Waals surface area contributed by atoms with Crippen LogP contribution in [-0.2, 0) is 0 Å². The predicted octanol–water partition coefficient (Wildman–Crippen LogP) is -1.51. The van der Waals surface area contributed by atoms with Crippen molar-refractivity contribution >= 4 is 0 Å². The van der Waals surface area contributed by atoms with E-state index in [4.69, 9.17) is 15.3 Å². The van der Waals surface area contributed by atoms with Crippen molar-refractivity contribution in [2.24, 2.45) is 0 Å². The topological polar surface area (TPSA) is 95.7 Å².